The molecule has 0 radical (unpaired) electrons. The summed E-state index contributed by atoms with van der Waals surface area (Å²) in [6.07, 6.45) is 4.92. The van der Waals surface area contributed by atoms with Crippen molar-refractivity contribution in [1.29, 1.82) is 0 Å². The zero-order valence-corrected chi connectivity index (χ0v) is 14.3. The van der Waals surface area contributed by atoms with E-state index in [9.17, 15) is 4.79 Å². The van der Waals surface area contributed by atoms with Crippen LogP contribution in [0.5, 0.6) is 0 Å². The number of hydrogen-bond donors (Lipinski definition) is 0. The SMILES string of the molecule is CCC1CCCCN1CC(=O)N(Cc1ccccc1)C(C)C. The Morgan fingerprint density at radius 1 is 1.27 bits per heavy atom. The predicted molar refractivity (Wildman–Crippen MR) is 91.6 cm³/mol. The molecule has 22 heavy (non-hydrogen) atoms. The molecule has 0 aromatic heterocycles. The van der Waals surface area contributed by atoms with Crippen LogP contribution in [0.25, 0.3) is 0 Å². The number of rotatable bonds is 6. The van der Waals surface area contributed by atoms with Crippen LogP contribution in [0.4, 0.5) is 0 Å². The van der Waals surface area contributed by atoms with Gasteiger partial charge in [0, 0.05) is 18.6 Å². The Hall–Kier alpha value is -1.35. The number of nitrogens with zero attached hydrogens (tertiary/aromatic N) is 2. The summed E-state index contributed by atoms with van der Waals surface area (Å²) in [6.45, 7) is 8.80. The molecular weight excluding hydrogens is 272 g/mol. The van der Waals surface area contributed by atoms with Crippen molar-refractivity contribution in [1.82, 2.24) is 9.80 Å². The second-order valence-corrected chi connectivity index (χ2v) is 6.63. The van der Waals surface area contributed by atoms with E-state index in [4.69, 9.17) is 0 Å². The molecule has 0 aliphatic carbocycles. The number of amides is 1. The van der Waals surface area contributed by atoms with E-state index in [2.05, 4.69) is 37.8 Å². The van der Waals surface area contributed by atoms with Crippen molar-refractivity contribution in [2.24, 2.45) is 0 Å². The van der Waals surface area contributed by atoms with Gasteiger partial charge in [0.25, 0.3) is 0 Å². The van der Waals surface area contributed by atoms with E-state index in [1.165, 1.54) is 24.8 Å². The molecule has 0 N–H and O–H groups in total. The van der Waals surface area contributed by atoms with E-state index in [1.54, 1.807) is 0 Å². The highest BCUT2D eigenvalue weighted by molar-refractivity contribution is 5.78. The molecule has 3 heteroatoms. The Kier molecular flexibility index (Phi) is 6.44. The van der Waals surface area contributed by atoms with Crippen molar-refractivity contribution in [3.8, 4) is 0 Å². The Labute approximate surface area is 135 Å². The van der Waals surface area contributed by atoms with Crippen LogP contribution in [0.15, 0.2) is 30.3 Å². The Morgan fingerprint density at radius 2 is 2.00 bits per heavy atom. The molecule has 1 atom stereocenters. The lowest BCUT2D eigenvalue weighted by atomic mass is 10.00. The minimum absolute atomic E-state index is 0.234. The second kappa shape index (κ2) is 8.33. The molecule has 1 amide bonds. The van der Waals surface area contributed by atoms with Crippen LogP contribution in [0.3, 0.4) is 0 Å². The standard InChI is InChI=1S/C19H30N2O/c1-4-18-12-8-9-13-20(18)15-19(22)21(16(2)3)14-17-10-6-5-7-11-17/h5-7,10-11,16,18H,4,8-9,12-15H2,1-3H3. The summed E-state index contributed by atoms with van der Waals surface area (Å²) < 4.78 is 0. The van der Waals surface area contributed by atoms with Gasteiger partial charge in [0.2, 0.25) is 5.91 Å². The number of hydrogen-bond acceptors (Lipinski definition) is 2. The maximum absolute atomic E-state index is 12.8. The highest BCUT2D eigenvalue weighted by atomic mass is 16.2. The lowest BCUT2D eigenvalue weighted by molar-refractivity contribution is -0.135. The smallest absolute Gasteiger partial charge is 0.237 e. The van der Waals surface area contributed by atoms with Gasteiger partial charge in [-0.25, -0.2) is 0 Å². The molecular formula is C19H30N2O. The van der Waals surface area contributed by atoms with E-state index >= 15 is 0 Å². The van der Waals surface area contributed by atoms with Crippen LogP contribution < -0.4 is 0 Å². The van der Waals surface area contributed by atoms with Gasteiger partial charge in [0.1, 0.15) is 0 Å². The molecule has 1 fully saturated rings. The van der Waals surface area contributed by atoms with E-state index in [1.807, 2.05) is 23.1 Å². The molecule has 0 saturated carbocycles. The van der Waals surface area contributed by atoms with Crippen LogP contribution in [0, 0.1) is 0 Å². The summed E-state index contributed by atoms with van der Waals surface area (Å²) in [5.74, 6) is 0.263. The van der Waals surface area contributed by atoms with Crippen LogP contribution >= 0.6 is 0 Å². The molecule has 2 rings (SSSR count). The fraction of sp³-hybridized carbons (Fsp3) is 0.632. The van der Waals surface area contributed by atoms with Gasteiger partial charge in [0.05, 0.1) is 6.54 Å². The van der Waals surface area contributed by atoms with Crippen molar-refractivity contribution in [2.45, 2.75) is 65.1 Å². The van der Waals surface area contributed by atoms with Crippen molar-refractivity contribution in [2.75, 3.05) is 13.1 Å². The summed E-state index contributed by atoms with van der Waals surface area (Å²) >= 11 is 0. The number of likely N-dealkylation sites (tertiary alicyclic amines) is 1. The summed E-state index contributed by atoms with van der Waals surface area (Å²) in [5, 5.41) is 0. The molecule has 1 saturated heterocycles. The Bertz CT molecular complexity index is 458. The van der Waals surface area contributed by atoms with Crippen LogP contribution in [-0.4, -0.2) is 40.9 Å². The van der Waals surface area contributed by atoms with E-state index in [0.717, 1.165) is 13.0 Å². The first-order chi connectivity index (χ1) is 10.6. The molecule has 1 unspecified atom stereocenters. The largest absolute Gasteiger partial charge is 0.335 e. The molecule has 122 valence electrons. The number of carbonyl (C=O) groups is 1. The number of piperidine rings is 1. The highest BCUT2D eigenvalue weighted by Gasteiger charge is 2.26. The van der Waals surface area contributed by atoms with Gasteiger partial charge in [-0.3, -0.25) is 9.69 Å². The van der Waals surface area contributed by atoms with Gasteiger partial charge in [-0.2, -0.15) is 0 Å². The fourth-order valence-corrected chi connectivity index (χ4v) is 3.33. The fourth-order valence-electron chi connectivity index (χ4n) is 3.33. The average molecular weight is 302 g/mol. The van der Waals surface area contributed by atoms with E-state index in [-0.39, 0.29) is 11.9 Å². The maximum Gasteiger partial charge on any atom is 0.237 e. The highest BCUT2D eigenvalue weighted by Crippen LogP contribution is 2.20. The molecule has 3 nitrogen and oxygen atoms in total. The molecule has 1 aromatic rings. The molecule has 1 aliphatic heterocycles. The lowest BCUT2D eigenvalue weighted by Gasteiger charge is -2.37. The number of benzene rings is 1. The molecule has 0 bridgehead atoms. The Balaban J connectivity index is 2.00. The summed E-state index contributed by atoms with van der Waals surface area (Å²) in [5.41, 5.74) is 1.20. The molecule has 1 aromatic carbocycles. The number of carbonyl (C=O) groups excluding carboxylic acids is 1. The van der Waals surface area contributed by atoms with Crippen molar-refractivity contribution < 1.29 is 4.79 Å². The van der Waals surface area contributed by atoms with Crippen LogP contribution in [0.1, 0.15) is 52.0 Å². The van der Waals surface area contributed by atoms with Crippen molar-refractivity contribution in [3.05, 3.63) is 35.9 Å². The zero-order chi connectivity index (χ0) is 15.9. The summed E-state index contributed by atoms with van der Waals surface area (Å²) in [6, 6.07) is 11.1. The first kappa shape index (κ1) is 17.0. The maximum atomic E-state index is 12.8. The molecule has 1 aliphatic rings. The van der Waals surface area contributed by atoms with Gasteiger partial charge in [0.15, 0.2) is 0 Å². The van der Waals surface area contributed by atoms with E-state index in [0.29, 0.717) is 19.1 Å². The minimum Gasteiger partial charge on any atom is -0.335 e. The first-order valence-corrected chi connectivity index (χ1v) is 8.69. The average Bonchev–Trinajstić information content (AvgIpc) is 2.53. The Morgan fingerprint density at radius 3 is 2.64 bits per heavy atom. The van der Waals surface area contributed by atoms with Gasteiger partial charge in [-0.1, -0.05) is 43.7 Å². The normalized spacial score (nSPS) is 19.4. The minimum atomic E-state index is 0.234. The third kappa shape index (κ3) is 4.57. The third-order valence-electron chi connectivity index (χ3n) is 4.70. The monoisotopic (exact) mass is 302 g/mol. The topological polar surface area (TPSA) is 23.6 Å². The predicted octanol–water partition coefficient (Wildman–Crippen LogP) is 3.69. The van der Waals surface area contributed by atoms with Gasteiger partial charge in [-0.05, 0) is 45.2 Å². The first-order valence-electron chi connectivity index (χ1n) is 8.69. The zero-order valence-electron chi connectivity index (χ0n) is 14.3. The lowest BCUT2D eigenvalue weighted by Crippen LogP contribution is -2.48. The quantitative estimate of drug-likeness (QED) is 0.800. The van der Waals surface area contributed by atoms with Gasteiger partial charge in [-0.15, -0.1) is 0 Å². The van der Waals surface area contributed by atoms with Crippen molar-refractivity contribution >= 4 is 5.91 Å². The summed E-state index contributed by atoms with van der Waals surface area (Å²) in [4.78, 5) is 17.2. The molecule has 0 spiro atoms. The van der Waals surface area contributed by atoms with Crippen LogP contribution in [0.2, 0.25) is 0 Å². The van der Waals surface area contributed by atoms with E-state index < -0.39 is 0 Å². The van der Waals surface area contributed by atoms with Crippen LogP contribution in [-0.2, 0) is 11.3 Å². The molecule has 1 heterocycles. The second-order valence-electron chi connectivity index (χ2n) is 6.63. The third-order valence-corrected chi connectivity index (χ3v) is 4.70. The van der Waals surface area contributed by atoms with Crippen molar-refractivity contribution in [3.63, 3.8) is 0 Å². The van der Waals surface area contributed by atoms with Gasteiger partial charge < -0.3 is 4.90 Å². The van der Waals surface area contributed by atoms with Gasteiger partial charge >= 0.3 is 0 Å². The summed E-state index contributed by atoms with van der Waals surface area (Å²) in [7, 11) is 0.